The Hall–Kier alpha value is -2.87. The van der Waals surface area contributed by atoms with Crippen LogP contribution in [0.1, 0.15) is 29.8 Å². The number of aryl methyl sites for hydroxylation is 2. The van der Waals surface area contributed by atoms with Crippen LogP contribution in [0.5, 0.6) is 11.5 Å². The molecule has 27 heavy (non-hydrogen) atoms. The third kappa shape index (κ3) is 3.16. The normalized spacial score (nSPS) is 14.2. The average molecular weight is 385 g/mol. The van der Waals surface area contributed by atoms with Crippen LogP contribution in [0.25, 0.3) is 10.2 Å². The fraction of sp³-hybridized carbons (Fsp3) is 0.316. The molecule has 1 N–H and O–H groups in total. The van der Waals surface area contributed by atoms with E-state index >= 15 is 0 Å². The Kier molecular flexibility index (Phi) is 4.35. The third-order valence-corrected chi connectivity index (χ3v) is 5.46. The molecule has 0 saturated carbocycles. The number of nitrogens with zero attached hydrogens (tertiary/aromatic N) is 2. The molecule has 1 unspecified atom stereocenters. The Balaban J connectivity index is 1.61. The highest BCUT2D eigenvalue weighted by Gasteiger charge is 2.20. The standard InChI is InChI=1S/C19H19N3O4S/c1-10-8-11(2)20-17-16(10)18(23)22(27-17)19(24)21-12(3)13-4-5-14-15(9-13)26-7-6-25-14/h4-5,8-9,12H,6-7H2,1-3H3,(H,21,24). The number of ether oxygens (including phenoxy) is 2. The van der Waals surface area contributed by atoms with Gasteiger partial charge in [0.15, 0.2) is 11.5 Å². The number of amides is 1. The maximum Gasteiger partial charge on any atom is 0.338 e. The van der Waals surface area contributed by atoms with Gasteiger partial charge in [-0.25, -0.2) is 9.78 Å². The second-order valence-electron chi connectivity index (χ2n) is 6.53. The Labute approximate surface area is 159 Å². The molecule has 2 aromatic heterocycles. The van der Waals surface area contributed by atoms with Crippen molar-refractivity contribution in [2.75, 3.05) is 13.2 Å². The number of carbonyl (C=O) groups is 1. The fourth-order valence-corrected chi connectivity index (χ4v) is 4.16. The minimum atomic E-state index is -0.470. The summed E-state index contributed by atoms with van der Waals surface area (Å²) in [5, 5.41) is 3.36. The van der Waals surface area contributed by atoms with Crippen molar-refractivity contribution >= 4 is 27.8 Å². The summed E-state index contributed by atoms with van der Waals surface area (Å²) in [7, 11) is 0. The van der Waals surface area contributed by atoms with Gasteiger partial charge in [0, 0.05) is 5.69 Å². The number of pyridine rings is 1. The zero-order valence-corrected chi connectivity index (χ0v) is 16.1. The van der Waals surface area contributed by atoms with E-state index in [1.807, 2.05) is 45.0 Å². The zero-order chi connectivity index (χ0) is 19.1. The van der Waals surface area contributed by atoms with Gasteiger partial charge in [-0.05, 0) is 61.6 Å². The first-order valence-electron chi connectivity index (χ1n) is 8.65. The summed E-state index contributed by atoms with van der Waals surface area (Å²) in [5.74, 6) is 1.36. The van der Waals surface area contributed by atoms with Gasteiger partial charge in [0.2, 0.25) is 0 Å². The molecule has 1 amide bonds. The topological polar surface area (TPSA) is 82.5 Å². The van der Waals surface area contributed by atoms with E-state index in [9.17, 15) is 9.59 Å². The van der Waals surface area contributed by atoms with Crippen molar-refractivity contribution in [2.45, 2.75) is 26.8 Å². The van der Waals surface area contributed by atoms with Crippen molar-refractivity contribution in [3.63, 3.8) is 0 Å². The van der Waals surface area contributed by atoms with Crippen LogP contribution in [0.2, 0.25) is 0 Å². The average Bonchev–Trinajstić information content (AvgIpc) is 2.97. The first-order valence-corrected chi connectivity index (χ1v) is 9.42. The minimum absolute atomic E-state index is 0.304. The summed E-state index contributed by atoms with van der Waals surface area (Å²) in [6.45, 7) is 6.60. The second-order valence-corrected chi connectivity index (χ2v) is 7.46. The molecule has 0 fully saturated rings. The van der Waals surface area contributed by atoms with Crippen LogP contribution in [-0.2, 0) is 0 Å². The number of hydrogen-bond donors (Lipinski definition) is 1. The van der Waals surface area contributed by atoms with Gasteiger partial charge < -0.3 is 14.8 Å². The lowest BCUT2D eigenvalue weighted by atomic mass is 10.1. The van der Waals surface area contributed by atoms with Crippen molar-refractivity contribution in [2.24, 2.45) is 0 Å². The molecule has 1 aromatic carbocycles. The molecule has 1 atom stereocenters. The van der Waals surface area contributed by atoms with Gasteiger partial charge in [-0.15, -0.1) is 0 Å². The van der Waals surface area contributed by atoms with Crippen LogP contribution < -0.4 is 20.3 Å². The smallest absolute Gasteiger partial charge is 0.338 e. The van der Waals surface area contributed by atoms with Crippen LogP contribution in [-0.4, -0.2) is 28.2 Å². The Morgan fingerprint density at radius 1 is 1.22 bits per heavy atom. The molecule has 0 saturated heterocycles. The van der Waals surface area contributed by atoms with Gasteiger partial charge in [0.05, 0.1) is 11.4 Å². The summed E-state index contributed by atoms with van der Waals surface area (Å²) in [5.41, 5.74) is 2.17. The van der Waals surface area contributed by atoms with Crippen molar-refractivity contribution in [1.29, 1.82) is 0 Å². The van der Waals surface area contributed by atoms with Gasteiger partial charge in [-0.3, -0.25) is 4.79 Å². The molecule has 140 valence electrons. The van der Waals surface area contributed by atoms with Crippen molar-refractivity contribution in [3.05, 3.63) is 51.4 Å². The lowest BCUT2D eigenvalue weighted by molar-refractivity contribution is 0.171. The van der Waals surface area contributed by atoms with E-state index in [1.54, 1.807) is 0 Å². The Bertz CT molecular complexity index is 1100. The van der Waals surface area contributed by atoms with E-state index in [-0.39, 0.29) is 11.6 Å². The molecule has 3 aromatic rings. The Morgan fingerprint density at radius 3 is 2.74 bits per heavy atom. The van der Waals surface area contributed by atoms with E-state index in [0.29, 0.717) is 34.9 Å². The van der Waals surface area contributed by atoms with E-state index in [0.717, 1.165) is 32.3 Å². The molecule has 3 heterocycles. The van der Waals surface area contributed by atoms with E-state index < -0.39 is 6.03 Å². The Morgan fingerprint density at radius 2 is 1.96 bits per heavy atom. The van der Waals surface area contributed by atoms with E-state index in [1.165, 1.54) is 0 Å². The molecule has 0 spiro atoms. The molecule has 1 aliphatic heterocycles. The number of hydrogen-bond acceptors (Lipinski definition) is 6. The highest BCUT2D eigenvalue weighted by Crippen LogP contribution is 2.32. The molecule has 0 radical (unpaired) electrons. The molecule has 7 nitrogen and oxygen atoms in total. The van der Waals surface area contributed by atoms with Crippen molar-refractivity contribution < 1.29 is 14.3 Å². The van der Waals surface area contributed by atoms with Crippen molar-refractivity contribution in [1.82, 2.24) is 14.3 Å². The maximum atomic E-state index is 12.7. The van der Waals surface area contributed by atoms with Crippen LogP contribution in [0.15, 0.2) is 29.1 Å². The van der Waals surface area contributed by atoms with Gasteiger partial charge in [0.1, 0.15) is 18.0 Å². The molecular formula is C19H19N3O4S. The lowest BCUT2D eigenvalue weighted by Gasteiger charge is -2.21. The molecular weight excluding hydrogens is 366 g/mol. The summed E-state index contributed by atoms with van der Waals surface area (Å²) in [6, 6.07) is 6.62. The predicted molar refractivity (Wildman–Crippen MR) is 103 cm³/mol. The highest BCUT2D eigenvalue weighted by molar-refractivity contribution is 7.14. The molecule has 0 bridgehead atoms. The van der Waals surface area contributed by atoms with Crippen LogP contribution in [0.3, 0.4) is 0 Å². The van der Waals surface area contributed by atoms with Crippen LogP contribution in [0.4, 0.5) is 4.79 Å². The number of carbonyl (C=O) groups excluding carboxylic acids is 1. The van der Waals surface area contributed by atoms with Crippen LogP contribution in [0, 0.1) is 13.8 Å². The third-order valence-electron chi connectivity index (χ3n) is 4.48. The number of aromatic nitrogens is 2. The number of fused-ring (bicyclic) bond motifs is 2. The quantitative estimate of drug-likeness (QED) is 0.733. The largest absolute Gasteiger partial charge is 0.486 e. The number of benzene rings is 1. The highest BCUT2D eigenvalue weighted by atomic mass is 32.1. The van der Waals surface area contributed by atoms with Gasteiger partial charge in [-0.2, -0.15) is 3.96 Å². The molecule has 0 aliphatic carbocycles. The van der Waals surface area contributed by atoms with Crippen molar-refractivity contribution in [3.8, 4) is 11.5 Å². The van der Waals surface area contributed by atoms with Gasteiger partial charge >= 0.3 is 6.03 Å². The summed E-state index contributed by atoms with van der Waals surface area (Å²) < 4.78 is 12.2. The molecule has 1 aliphatic rings. The first-order chi connectivity index (χ1) is 12.9. The fourth-order valence-electron chi connectivity index (χ4n) is 3.15. The first kappa shape index (κ1) is 17.5. The van der Waals surface area contributed by atoms with E-state index in [2.05, 4.69) is 10.3 Å². The second kappa shape index (κ2) is 6.70. The lowest BCUT2D eigenvalue weighted by Crippen LogP contribution is -2.34. The van der Waals surface area contributed by atoms with Crippen LogP contribution >= 0.6 is 11.5 Å². The molecule has 4 rings (SSSR count). The predicted octanol–water partition coefficient (Wildman–Crippen LogP) is 3.16. The van der Waals surface area contributed by atoms with Gasteiger partial charge in [-0.1, -0.05) is 6.07 Å². The molecule has 8 heteroatoms. The van der Waals surface area contributed by atoms with E-state index in [4.69, 9.17) is 9.47 Å². The zero-order valence-electron chi connectivity index (χ0n) is 15.2. The monoisotopic (exact) mass is 385 g/mol. The minimum Gasteiger partial charge on any atom is -0.486 e. The summed E-state index contributed by atoms with van der Waals surface area (Å²) >= 11 is 1.06. The number of rotatable bonds is 2. The maximum absolute atomic E-state index is 12.7. The van der Waals surface area contributed by atoms with Gasteiger partial charge in [0.25, 0.3) is 5.56 Å². The summed E-state index contributed by atoms with van der Waals surface area (Å²) in [4.78, 5) is 30.3. The summed E-state index contributed by atoms with van der Waals surface area (Å²) in [6.07, 6.45) is 0. The number of nitrogens with one attached hydrogen (secondary N) is 1. The SMILES string of the molecule is Cc1cc(C)c2c(=O)n(C(=O)NC(C)c3ccc4c(c3)OCCO4)sc2n1.